The fraction of sp³-hybridized carbons (Fsp3) is 0.143. The summed E-state index contributed by atoms with van der Waals surface area (Å²) in [6, 6.07) is 1.38. The van der Waals surface area contributed by atoms with Crippen molar-refractivity contribution in [2.24, 2.45) is 7.05 Å². The molecule has 0 aliphatic carbocycles. The van der Waals surface area contributed by atoms with Crippen LogP contribution in [0, 0.1) is 0 Å². The molecule has 0 aliphatic rings. The number of rotatable bonds is 3. The number of aromatic nitrogens is 3. The van der Waals surface area contributed by atoms with Crippen molar-refractivity contribution >= 4 is 21.7 Å². The molecule has 0 bridgehead atoms. The highest BCUT2D eigenvalue weighted by atomic mass is 32.2. The molecule has 16 heavy (non-hydrogen) atoms. The molecule has 3 N–H and O–H groups in total. The highest BCUT2D eigenvalue weighted by Crippen LogP contribution is 2.18. The molecule has 0 spiro atoms. The molecule has 0 radical (unpaired) electrons. The standard InChI is InChI=1S/C7H9N5O3S/c1-12-4-9-6(8)7(12)16(13,14)11-5-2-3-15-10-5/h2-4H,8H2,1H3,(H,10,11). The number of anilines is 2. The van der Waals surface area contributed by atoms with Crippen LogP contribution in [0.2, 0.25) is 0 Å². The van der Waals surface area contributed by atoms with E-state index in [1.807, 2.05) is 0 Å². The van der Waals surface area contributed by atoms with Gasteiger partial charge in [-0.15, -0.1) is 0 Å². The molecule has 0 saturated carbocycles. The van der Waals surface area contributed by atoms with Gasteiger partial charge in [-0.05, 0) is 0 Å². The van der Waals surface area contributed by atoms with Gasteiger partial charge in [0, 0.05) is 13.1 Å². The van der Waals surface area contributed by atoms with Crippen LogP contribution in [0.4, 0.5) is 11.6 Å². The van der Waals surface area contributed by atoms with Gasteiger partial charge >= 0.3 is 0 Å². The zero-order valence-corrected chi connectivity index (χ0v) is 9.10. The van der Waals surface area contributed by atoms with Gasteiger partial charge in [0.05, 0.1) is 6.33 Å². The second-order valence-corrected chi connectivity index (χ2v) is 4.63. The first kappa shape index (κ1) is 10.5. The number of aryl methyl sites for hydroxylation is 1. The Bertz CT molecular complexity index is 566. The molecule has 9 heteroatoms. The van der Waals surface area contributed by atoms with Crippen molar-refractivity contribution in [3.63, 3.8) is 0 Å². The Morgan fingerprint density at radius 1 is 1.56 bits per heavy atom. The molecule has 2 aromatic rings. The monoisotopic (exact) mass is 243 g/mol. The average Bonchev–Trinajstić information content (AvgIpc) is 2.76. The molecular weight excluding hydrogens is 234 g/mol. The number of sulfonamides is 1. The Kier molecular flexibility index (Phi) is 2.31. The van der Waals surface area contributed by atoms with Crippen LogP contribution in [0.5, 0.6) is 0 Å². The molecule has 0 fully saturated rings. The zero-order valence-electron chi connectivity index (χ0n) is 8.28. The first-order valence-electron chi connectivity index (χ1n) is 4.20. The minimum absolute atomic E-state index is 0.0708. The van der Waals surface area contributed by atoms with Crippen molar-refractivity contribution in [1.82, 2.24) is 14.7 Å². The van der Waals surface area contributed by atoms with E-state index in [2.05, 4.69) is 19.4 Å². The normalized spacial score (nSPS) is 11.6. The van der Waals surface area contributed by atoms with E-state index in [0.29, 0.717) is 0 Å². The van der Waals surface area contributed by atoms with Gasteiger partial charge in [0.15, 0.2) is 16.7 Å². The van der Waals surface area contributed by atoms with Gasteiger partial charge in [-0.3, -0.25) is 4.72 Å². The van der Waals surface area contributed by atoms with E-state index in [-0.39, 0.29) is 16.7 Å². The van der Waals surface area contributed by atoms with Gasteiger partial charge in [-0.2, -0.15) is 8.42 Å². The van der Waals surface area contributed by atoms with Gasteiger partial charge < -0.3 is 14.8 Å². The van der Waals surface area contributed by atoms with E-state index >= 15 is 0 Å². The van der Waals surface area contributed by atoms with Crippen molar-refractivity contribution in [2.45, 2.75) is 5.03 Å². The quantitative estimate of drug-likeness (QED) is 0.770. The molecule has 0 aromatic carbocycles. The zero-order chi connectivity index (χ0) is 11.8. The van der Waals surface area contributed by atoms with Crippen molar-refractivity contribution in [1.29, 1.82) is 0 Å². The summed E-state index contributed by atoms with van der Waals surface area (Å²) >= 11 is 0. The highest BCUT2D eigenvalue weighted by Gasteiger charge is 2.23. The second kappa shape index (κ2) is 3.52. The van der Waals surface area contributed by atoms with Crippen molar-refractivity contribution in [3.8, 4) is 0 Å². The van der Waals surface area contributed by atoms with Crippen LogP contribution in [0.25, 0.3) is 0 Å². The number of nitrogen functional groups attached to an aromatic ring is 1. The lowest BCUT2D eigenvalue weighted by molar-refractivity contribution is 0.423. The van der Waals surface area contributed by atoms with Crippen molar-refractivity contribution in [3.05, 3.63) is 18.7 Å². The highest BCUT2D eigenvalue weighted by molar-refractivity contribution is 7.92. The Balaban J connectivity index is 2.40. The number of hydrogen-bond donors (Lipinski definition) is 2. The summed E-state index contributed by atoms with van der Waals surface area (Å²) in [5.41, 5.74) is 5.46. The van der Waals surface area contributed by atoms with Gasteiger partial charge in [0.1, 0.15) is 6.26 Å². The summed E-state index contributed by atoms with van der Waals surface area (Å²) in [7, 11) is -2.27. The molecule has 2 rings (SSSR count). The number of hydrogen-bond acceptors (Lipinski definition) is 6. The van der Waals surface area contributed by atoms with Crippen LogP contribution in [-0.4, -0.2) is 23.1 Å². The van der Waals surface area contributed by atoms with Gasteiger partial charge in [0.2, 0.25) is 0 Å². The van der Waals surface area contributed by atoms with E-state index in [1.165, 1.54) is 30.3 Å². The Labute approximate surface area is 91.1 Å². The predicted molar refractivity (Wildman–Crippen MR) is 54.9 cm³/mol. The van der Waals surface area contributed by atoms with Gasteiger partial charge in [-0.25, -0.2) is 4.98 Å². The fourth-order valence-electron chi connectivity index (χ4n) is 1.22. The maximum absolute atomic E-state index is 11.9. The van der Waals surface area contributed by atoms with E-state index in [9.17, 15) is 8.42 Å². The Hall–Kier alpha value is -2.03. The molecular formula is C7H9N5O3S. The van der Waals surface area contributed by atoms with Crippen molar-refractivity contribution < 1.29 is 12.9 Å². The summed E-state index contributed by atoms with van der Waals surface area (Å²) < 4.78 is 31.8. The lowest BCUT2D eigenvalue weighted by atomic mass is 10.7. The molecule has 2 heterocycles. The van der Waals surface area contributed by atoms with Crippen LogP contribution < -0.4 is 10.5 Å². The second-order valence-electron chi connectivity index (χ2n) is 3.04. The molecule has 0 saturated heterocycles. The Morgan fingerprint density at radius 3 is 2.81 bits per heavy atom. The third-order valence-electron chi connectivity index (χ3n) is 1.84. The maximum Gasteiger partial charge on any atom is 0.282 e. The summed E-state index contributed by atoms with van der Waals surface area (Å²) in [5, 5.41) is 3.32. The molecule has 2 aromatic heterocycles. The SMILES string of the molecule is Cn1cnc(N)c1S(=O)(=O)Nc1ccon1. The molecule has 8 nitrogen and oxygen atoms in total. The summed E-state index contributed by atoms with van der Waals surface area (Å²) in [4.78, 5) is 3.69. The van der Waals surface area contributed by atoms with Crippen LogP contribution in [0.1, 0.15) is 0 Å². The lowest BCUT2D eigenvalue weighted by Gasteiger charge is -2.05. The molecule has 0 atom stereocenters. The summed E-state index contributed by atoms with van der Waals surface area (Å²) in [6.07, 6.45) is 2.57. The molecule has 86 valence electrons. The van der Waals surface area contributed by atoms with E-state index in [4.69, 9.17) is 5.73 Å². The largest absolute Gasteiger partial charge is 0.381 e. The summed E-state index contributed by atoms with van der Waals surface area (Å²) in [5.74, 6) is 0.0131. The first-order chi connectivity index (χ1) is 7.50. The number of nitrogens with zero attached hydrogens (tertiary/aromatic N) is 3. The lowest BCUT2D eigenvalue weighted by Crippen LogP contribution is -2.17. The molecule has 0 aliphatic heterocycles. The molecule has 0 amide bonds. The third-order valence-corrected chi connectivity index (χ3v) is 3.32. The molecule has 0 unspecified atom stereocenters. The van der Waals surface area contributed by atoms with Crippen molar-refractivity contribution in [2.75, 3.05) is 10.5 Å². The van der Waals surface area contributed by atoms with Crippen LogP contribution in [-0.2, 0) is 17.1 Å². The van der Waals surface area contributed by atoms with Crippen LogP contribution in [0.15, 0.2) is 28.2 Å². The number of nitrogens with two attached hydrogens (primary N) is 1. The van der Waals surface area contributed by atoms with E-state index < -0.39 is 10.0 Å². The van der Waals surface area contributed by atoms with Gasteiger partial charge in [-0.1, -0.05) is 5.16 Å². The third kappa shape index (κ3) is 1.72. The van der Waals surface area contributed by atoms with Crippen LogP contribution in [0.3, 0.4) is 0 Å². The number of nitrogens with one attached hydrogen (secondary N) is 1. The maximum atomic E-state index is 11.9. The average molecular weight is 243 g/mol. The Morgan fingerprint density at radius 2 is 2.31 bits per heavy atom. The minimum Gasteiger partial charge on any atom is -0.381 e. The topological polar surface area (TPSA) is 116 Å². The fourth-order valence-corrected chi connectivity index (χ4v) is 2.45. The smallest absolute Gasteiger partial charge is 0.282 e. The van der Waals surface area contributed by atoms with Crippen LogP contribution >= 0.6 is 0 Å². The number of imidazole rings is 1. The van der Waals surface area contributed by atoms with Gasteiger partial charge in [0.25, 0.3) is 10.0 Å². The van der Waals surface area contributed by atoms with E-state index in [0.717, 1.165) is 0 Å². The first-order valence-corrected chi connectivity index (χ1v) is 5.69. The predicted octanol–water partition coefficient (Wildman–Crippen LogP) is -0.209. The summed E-state index contributed by atoms with van der Waals surface area (Å²) in [6.45, 7) is 0. The minimum atomic E-state index is -3.80. The van der Waals surface area contributed by atoms with E-state index in [1.54, 1.807) is 0 Å².